The molecule has 1 fully saturated rings. The van der Waals surface area contributed by atoms with Gasteiger partial charge in [0.25, 0.3) is 0 Å². The molecule has 8 heavy (non-hydrogen) atoms. The molecule has 1 heterocycles. The van der Waals surface area contributed by atoms with Gasteiger partial charge in [-0.05, 0) is 13.3 Å². The van der Waals surface area contributed by atoms with Gasteiger partial charge in [0.2, 0.25) is 0 Å². The number of amides is 2. The molecule has 0 radical (unpaired) electrons. The molecular weight excluding hydrogens is 104 g/mol. The summed E-state index contributed by atoms with van der Waals surface area (Å²) >= 11 is 0. The Balaban J connectivity index is 2.34. The molecule has 1 aliphatic heterocycles. The summed E-state index contributed by atoms with van der Waals surface area (Å²) in [7, 11) is 0. The number of carbonyl (C=O) groups excluding carboxylic acids is 1. The molecule has 0 aromatic rings. The first kappa shape index (κ1) is 5.41. The Hall–Kier alpha value is -0.730. The summed E-state index contributed by atoms with van der Waals surface area (Å²) in [6.07, 6.45) is 1.03. The molecule has 2 amide bonds. The molecule has 0 spiro atoms. The van der Waals surface area contributed by atoms with E-state index in [1.807, 2.05) is 6.92 Å². The van der Waals surface area contributed by atoms with Gasteiger partial charge in [0, 0.05) is 12.6 Å². The first-order valence-electron chi connectivity index (χ1n) is 2.83. The number of carbonyl (C=O) groups is 1. The van der Waals surface area contributed by atoms with Crippen LogP contribution in [0.3, 0.4) is 0 Å². The summed E-state index contributed by atoms with van der Waals surface area (Å²) < 4.78 is 0. The third-order valence-corrected chi connectivity index (χ3v) is 1.24. The van der Waals surface area contributed by atoms with Crippen LogP contribution in [0.4, 0.5) is 4.79 Å². The highest BCUT2D eigenvalue weighted by molar-refractivity contribution is 5.74. The molecule has 0 aromatic carbocycles. The number of hydrogen-bond donors (Lipinski definition) is 2. The summed E-state index contributed by atoms with van der Waals surface area (Å²) in [6.45, 7) is 2.81. The van der Waals surface area contributed by atoms with Crippen LogP contribution in [0.25, 0.3) is 0 Å². The third kappa shape index (κ3) is 1.12. The first-order chi connectivity index (χ1) is 3.79. The summed E-state index contributed by atoms with van der Waals surface area (Å²) in [4.78, 5) is 10.5. The van der Waals surface area contributed by atoms with Gasteiger partial charge in [-0.25, -0.2) is 4.79 Å². The maximum Gasteiger partial charge on any atom is 0.314 e. The van der Waals surface area contributed by atoms with Crippen LogP contribution >= 0.6 is 0 Å². The van der Waals surface area contributed by atoms with E-state index >= 15 is 0 Å². The van der Waals surface area contributed by atoms with Crippen LogP contribution in [0.2, 0.25) is 0 Å². The molecule has 1 saturated heterocycles. The second-order valence-corrected chi connectivity index (χ2v) is 2.09. The SMILES string of the molecule is C[C@@H]1CCNC(=O)N1. The van der Waals surface area contributed by atoms with Crippen LogP contribution in [0, 0.1) is 0 Å². The Kier molecular flexibility index (Phi) is 1.37. The van der Waals surface area contributed by atoms with Crippen LogP contribution in [-0.2, 0) is 0 Å². The molecule has 46 valence electrons. The van der Waals surface area contributed by atoms with Gasteiger partial charge in [0.05, 0.1) is 0 Å². The number of urea groups is 1. The molecule has 0 aromatic heterocycles. The number of hydrogen-bond acceptors (Lipinski definition) is 1. The van der Waals surface area contributed by atoms with Crippen molar-refractivity contribution in [2.75, 3.05) is 6.54 Å². The van der Waals surface area contributed by atoms with Crippen molar-refractivity contribution in [1.82, 2.24) is 10.6 Å². The van der Waals surface area contributed by atoms with Crippen molar-refractivity contribution in [2.45, 2.75) is 19.4 Å². The highest BCUT2D eigenvalue weighted by atomic mass is 16.2. The lowest BCUT2D eigenvalue weighted by Gasteiger charge is -2.19. The van der Waals surface area contributed by atoms with Gasteiger partial charge < -0.3 is 10.6 Å². The van der Waals surface area contributed by atoms with E-state index in [1.54, 1.807) is 0 Å². The van der Waals surface area contributed by atoms with Gasteiger partial charge in [-0.3, -0.25) is 0 Å². The van der Waals surface area contributed by atoms with Gasteiger partial charge in [-0.15, -0.1) is 0 Å². The second kappa shape index (κ2) is 2.03. The standard InChI is InChI=1S/C5H10N2O/c1-4-2-3-6-5(8)7-4/h4H,2-3H2,1H3,(H2,6,7,8)/t4-/m1/s1. The zero-order valence-corrected chi connectivity index (χ0v) is 4.90. The predicted octanol–water partition coefficient (Wildman–Crippen LogP) is 0.0778. The smallest absolute Gasteiger partial charge is 0.314 e. The fourth-order valence-electron chi connectivity index (χ4n) is 0.749. The Morgan fingerprint density at radius 3 is 2.88 bits per heavy atom. The van der Waals surface area contributed by atoms with E-state index in [0.29, 0.717) is 6.04 Å². The first-order valence-corrected chi connectivity index (χ1v) is 2.83. The predicted molar refractivity (Wildman–Crippen MR) is 30.6 cm³/mol. The van der Waals surface area contributed by atoms with Crippen LogP contribution < -0.4 is 10.6 Å². The zero-order valence-electron chi connectivity index (χ0n) is 4.90. The monoisotopic (exact) mass is 114 g/mol. The zero-order chi connectivity index (χ0) is 5.98. The van der Waals surface area contributed by atoms with Gasteiger partial charge in [-0.1, -0.05) is 0 Å². The maximum atomic E-state index is 10.5. The number of nitrogens with one attached hydrogen (secondary N) is 2. The van der Waals surface area contributed by atoms with E-state index in [1.165, 1.54) is 0 Å². The lowest BCUT2D eigenvalue weighted by atomic mass is 10.2. The van der Waals surface area contributed by atoms with Crippen molar-refractivity contribution in [2.24, 2.45) is 0 Å². The van der Waals surface area contributed by atoms with Crippen molar-refractivity contribution in [1.29, 1.82) is 0 Å². The summed E-state index contributed by atoms with van der Waals surface area (Å²) in [5.41, 5.74) is 0. The lowest BCUT2D eigenvalue weighted by Crippen LogP contribution is -2.47. The Bertz CT molecular complexity index is 103. The minimum atomic E-state index is -0.0382. The average molecular weight is 114 g/mol. The van der Waals surface area contributed by atoms with Gasteiger partial charge in [0.15, 0.2) is 0 Å². The fraction of sp³-hybridized carbons (Fsp3) is 0.800. The average Bonchev–Trinajstić information content (AvgIpc) is 1.64. The van der Waals surface area contributed by atoms with E-state index < -0.39 is 0 Å². The summed E-state index contributed by atoms with van der Waals surface area (Å²) in [6, 6.07) is 0.312. The highest BCUT2D eigenvalue weighted by Gasteiger charge is 2.10. The van der Waals surface area contributed by atoms with Crippen LogP contribution in [0.5, 0.6) is 0 Å². The van der Waals surface area contributed by atoms with Gasteiger partial charge in [-0.2, -0.15) is 0 Å². The minimum Gasteiger partial charge on any atom is -0.338 e. The molecule has 0 aliphatic carbocycles. The molecule has 0 unspecified atom stereocenters. The van der Waals surface area contributed by atoms with E-state index in [-0.39, 0.29) is 6.03 Å². The molecule has 3 nitrogen and oxygen atoms in total. The van der Waals surface area contributed by atoms with Crippen molar-refractivity contribution in [3.8, 4) is 0 Å². The van der Waals surface area contributed by atoms with Crippen LogP contribution in [0.15, 0.2) is 0 Å². The second-order valence-electron chi connectivity index (χ2n) is 2.09. The van der Waals surface area contributed by atoms with E-state index in [0.717, 1.165) is 13.0 Å². The molecule has 2 N–H and O–H groups in total. The third-order valence-electron chi connectivity index (χ3n) is 1.24. The van der Waals surface area contributed by atoms with Gasteiger partial charge in [0.1, 0.15) is 0 Å². The van der Waals surface area contributed by atoms with E-state index in [2.05, 4.69) is 10.6 Å². The summed E-state index contributed by atoms with van der Waals surface area (Å²) in [5, 5.41) is 5.39. The molecule has 1 rings (SSSR count). The Labute approximate surface area is 48.5 Å². The van der Waals surface area contributed by atoms with Crippen LogP contribution in [-0.4, -0.2) is 18.6 Å². The van der Waals surface area contributed by atoms with Crippen molar-refractivity contribution in [3.63, 3.8) is 0 Å². The fourth-order valence-corrected chi connectivity index (χ4v) is 0.749. The molecular formula is C5H10N2O. The molecule has 0 bridgehead atoms. The van der Waals surface area contributed by atoms with E-state index in [4.69, 9.17) is 0 Å². The quantitative estimate of drug-likeness (QED) is 0.460. The summed E-state index contributed by atoms with van der Waals surface area (Å²) in [5.74, 6) is 0. The largest absolute Gasteiger partial charge is 0.338 e. The molecule has 1 aliphatic rings. The van der Waals surface area contributed by atoms with E-state index in [9.17, 15) is 4.79 Å². The molecule has 1 atom stereocenters. The molecule has 0 saturated carbocycles. The van der Waals surface area contributed by atoms with Crippen molar-refractivity contribution < 1.29 is 4.79 Å². The van der Waals surface area contributed by atoms with Crippen LogP contribution in [0.1, 0.15) is 13.3 Å². The van der Waals surface area contributed by atoms with Crippen molar-refractivity contribution in [3.05, 3.63) is 0 Å². The topological polar surface area (TPSA) is 41.1 Å². The maximum absolute atomic E-state index is 10.5. The van der Waals surface area contributed by atoms with Gasteiger partial charge >= 0.3 is 6.03 Å². The highest BCUT2D eigenvalue weighted by Crippen LogP contribution is 1.92. The van der Waals surface area contributed by atoms with Crippen molar-refractivity contribution >= 4 is 6.03 Å². The Morgan fingerprint density at radius 1 is 1.75 bits per heavy atom. The lowest BCUT2D eigenvalue weighted by molar-refractivity contribution is 0.230. The number of rotatable bonds is 0. The Morgan fingerprint density at radius 2 is 2.50 bits per heavy atom. The normalized spacial score (nSPS) is 28.6. The molecule has 3 heteroatoms. The minimum absolute atomic E-state index is 0.0382.